The molecule has 3 nitrogen and oxygen atoms in total. The number of benzene rings is 2. The second kappa shape index (κ2) is 8.14. The molecular weight excluding hydrogens is 284 g/mol. The molecule has 0 aliphatic carbocycles. The van der Waals surface area contributed by atoms with Gasteiger partial charge in [0.25, 0.3) is 0 Å². The summed E-state index contributed by atoms with van der Waals surface area (Å²) in [4.78, 5) is 0. The van der Waals surface area contributed by atoms with Gasteiger partial charge in [-0.05, 0) is 31.0 Å². The third kappa shape index (κ3) is 4.12. The standard InChI is InChI=1S/C20H26N2O/c1-23-19-13-6-5-11-17(19)15-22-18-12-7-8-14-21-20(18)16-9-3-2-4-10-16/h2-6,9-11,13,18,20-22H,7-8,12,14-15H2,1H3/t18-,20-/m0/s1. The molecule has 2 aromatic carbocycles. The molecule has 1 heterocycles. The van der Waals surface area contributed by atoms with Crippen LogP contribution in [0.2, 0.25) is 0 Å². The second-order valence-corrected chi connectivity index (χ2v) is 6.14. The van der Waals surface area contributed by atoms with E-state index in [2.05, 4.69) is 53.1 Å². The average molecular weight is 310 g/mol. The third-order valence-corrected chi connectivity index (χ3v) is 4.61. The first-order chi connectivity index (χ1) is 11.4. The van der Waals surface area contributed by atoms with Gasteiger partial charge in [0, 0.05) is 24.2 Å². The van der Waals surface area contributed by atoms with Gasteiger partial charge in [0.2, 0.25) is 0 Å². The van der Waals surface area contributed by atoms with E-state index < -0.39 is 0 Å². The number of ether oxygens (including phenoxy) is 1. The van der Waals surface area contributed by atoms with E-state index in [0.717, 1.165) is 18.8 Å². The zero-order chi connectivity index (χ0) is 15.9. The van der Waals surface area contributed by atoms with Crippen molar-refractivity contribution < 1.29 is 4.74 Å². The quantitative estimate of drug-likeness (QED) is 0.884. The summed E-state index contributed by atoms with van der Waals surface area (Å²) in [5.74, 6) is 0.956. The summed E-state index contributed by atoms with van der Waals surface area (Å²) in [6.45, 7) is 1.92. The van der Waals surface area contributed by atoms with E-state index in [9.17, 15) is 0 Å². The number of nitrogens with one attached hydrogen (secondary N) is 2. The molecule has 0 unspecified atom stereocenters. The van der Waals surface area contributed by atoms with Gasteiger partial charge in [-0.25, -0.2) is 0 Å². The van der Waals surface area contributed by atoms with Crippen molar-refractivity contribution in [2.75, 3.05) is 13.7 Å². The fourth-order valence-corrected chi connectivity index (χ4v) is 3.38. The Bertz CT molecular complexity index is 600. The van der Waals surface area contributed by atoms with Gasteiger partial charge >= 0.3 is 0 Å². The maximum Gasteiger partial charge on any atom is 0.123 e. The van der Waals surface area contributed by atoms with Gasteiger partial charge in [-0.1, -0.05) is 55.0 Å². The van der Waals surface area contributed by atoms with E-state index in [1.54, 1.807) is 7.11 Å². The highest BCUT2D eigenvalue weighted by Gasteiger charge is 2.24. The summed E-state index contributed by atoms with van der Waals surface area (Å²) in [6, 6.07) is 19.8. The SMILES string of the molecule is COc1ccccc1CN[C@H]1CCCCN[C@H]1c1ccccc1. The van der Waals surface area contributed by atoms with E-state index in [1.807, 2.05) is 12.1 Å². The van der Waals surface area contributed by atoms with Crippen LogP contribution in [0.4, 0.5) is 0 Å². The molecule has 0 saturated carbocycles. The topological polar surface area (TPSA) is 33.3 Å². The summed E-state index contributed by atoms with van der Waals surface area (Å²) in [5.41, 5.74) is 2.58. The average Bonchev–Trinajstić information content (AvgIpc) is 2.86. The first kappa shape index (κ1) is 16.0. The Morgan fingerprint density at radius 1 is 1.04 bits per heavy atom. The Kier molecular flexibility index (Phi) is 5.67. The molecule has 0 bridgehead atoms. The molecule has 1 aliphatic rings. The van der Waals surface area contributed by atoms with Crippen LogP contribution < -0.4 is 15.4 Å². The van der Waals surface area contributed by atoms with Gasteiger partial charge in [0.1, 0.15) is 5.75 Å². The number of hydrogen-bond acceptors (Lipinski definition) is 3. The Balaban J connectivity index is 1.73. The minimum atomic E-state index is 0.369. The van der Waals surface area contributed by atoms with Crippen LogP contribution in [-0.4, -0.2) is 19.7 Å². The van der Waals surface area contributed by atoms with Gasteiger partial charge in [0.05, 0.1) is 7.11 Å². The van der Waals surface area contributed by atoms with Crippen molar-refractivity contribution in [2.45, 2.75) is 37.9 Å². The Morgan fingerprint density at radius 3 is 2.65 bits per heavy atom. The molecule has 3 rings (SSSR count). The molecule has 1 saturated heterocycles. The van der Waals surface area contributed by atoms with Crippen molar-refractivity contribution in [3.05, 3.63) is 65.7 Å². The molecular formula is C20H26N2O. The highest BCUT2D eigenvalue weighted by molar-refractivity contribution is 5.33. The van der Waals surface area contributed by atoms with Gasteiger partial charge in [-0.2, -0.15) is 0 Å². The lowest BCUT2D eigenvalue weighted by Crippen LogP contribution is -2.40. The van der Waals surface area contributed by atoms with Crippen molar-refractivity contribution in [1.29, 1.82) is 0 Å². The van der Waals surface area contributed by atoms with Crippen LogP contribution >= 0.6 is 0 Å². The van der Waals surface area contributed by atoms with Crippen LogP contribution in [0.1, 0.15) is 36.4 Å². The van der Waals surface area contributed by atoms with Crippen LogP contribution in [0, 0.1) is 0 Å². The monoisotopic (exact) mass is 310 g/mol. The number of para-hydroxylation sites is 1. The number of hydrogen-bond donors (Lipinski definition) is 2. The van der Waals surface area contributed by atoms with Crippen molar-refractivity contribution in [2.24, 2.45) is 0 Å². The lowest BCUT2D eigenvalue weighted by molar-refractivity contribution is 0.373. The van der Waals surface area contributed by atoms with Crippen LogP contribution in [0.15, 0.2) is 54.6 Å². The van der Waals surface area contributed by atoms with E-state index in [0.29, 0.717) is 12.1 Å². The normalized spacial score (nSPS) is 21.6. The van der Waals surface area contributed by atoms with E-state index in [1.165, 1.54) is 30.4 Å². The number of rotatable bonds is 5. The van der Waals surface area contributed by atoms with Crippen molar-refractivity contribution in [1.82, 2.24) is 10.6 Å². The highest BCUT2D eigenvalue weighted by Crippen LogP contribution is 2.24. The summed E-state index contributed by atoms with van der Waals surface area (Å²) in [7, 11) is 1.73. The molecule has 1 aliphatic heterocycles. The van der Waals surface area contributed by atoms with Gasteiger partial charge < -0.3 is 15.4 Å². The molecule has 0 amide bonds. The molecule has 0 spiro atoms. The van der Waals surface area contributed by atoms with Crippen LogP contribution in [0.3, 0.4) is 0 Å². The van der Waals surface area contributed by atoms with Crippen molar-refractivity contribution in [3.63, 3.8) is 0 Å². The summed E-state index contributed by atoms with van der Waals surface area (Å²) in [5, 5.41) is 7.48. The molecule has 2 atom stereocenters. The Morgan fingerprint density at radius 2 is 1.83 bits per heavy atom. The molecule has 122 valence electrons. The first-order valence-corrected chi connectivity index (χ1v) is 8.52. The highest BCUT2D eigenvalue weighted by atomic mass is 16.5. The summed E-state index contributed by atoms with van der Waals surface area (Å²) in [6.07, 6.45) is 3.71. The molecule has 1 fully saturated rings. The van der Waals surface area contributed by atoms with Crippen LogP contribution in [-0.2, 0) is 6.54 Å². The van der Waals surface area contributed by atoms with Gasteiger partial charge in [-0.15, -0.1) is 0 Å². The van der Waals surface area contributed by atoms with E-state index in [4.69, 9.17) is 4.74 Å². The fraction of sp³-hybridized carbons (Fsp3) is 0.400. The minimum Gasteiger partial charge on any atom is -0.496 e. The fourth-order valence-electron chi connectivity index (χ4n) is 3.38. The zero-order valence-electron chi connectivity index (χ0n) is 13.8. The molecule has 3 heteroatoms. The molecule has 0 aromatic heterocycles. The summed E-state index contributed by atoms with van der Waals surface area (Å²) < 4.78 is 5.47. The minimum absolute atomic E-state index is 0.369. The number of methoxy groups -OCH3 is 1. The summed E-state index contributed by atoms with van der Waals surface area (Å²) >= 11 is 0. The Hall–Kier alpha value is -1.84. The van der Waals surface area contributed by atoms with Crippen molar-refractivity contribution in [3.8, 4) is 5.75 Å². The lowest BCUT2D eigenvalue weighted by Gasteiger charge is -2.27. The first-order valence-electron chi connectivity index (χ1n) is 8.52. The maximum atomic E-state index is 5.47. The third-order valence-electron chi connectivity index (χ3n) is 4.61. The second-order valence-electron chi connectivity index (χ2n) is 6.14. The van der Waals surface area contributed by atoms with Crippen LogP contribution in [0.25, 0.3) is 0 Å². The smallest absolute Gasteiger partial charge is 0.123 e. The maximum absolute atomic E-state index is 5.47. The predicted octanol–water partition coefficient (Wildman–Crippen LogP) is 3.67. The molecule has 2 aromatic rings. The Labute approximate surface area is 139 Å². The molecule has 2 N–H and O–H groups in total. The predicted molar refractivity (Wildman–Crippen MR) is 94.7 cm³/mol. The van der Waals surface area contributed by atoms with Crippen molar-refractivity contribution >= 4 is 0 Å². The van der Waals surface area contributed by atoms with E-state index in [-0.39, 0.29) is 0 Å². The zero-order valence-corrected chi connectivity index (χ0v) is 13.8. The van der Waals surface area contributed by atoms with Gasteiger partial charge in [0.15, 0.2) is 0 Å². The molecule has 23 heavy (non-hydrogen) atoms. The van der Waals surface area contributed by atoms with Gasteiger partial charge in [-0.3, -0.25) is 0 Å². The lowest BCUT2D eigenvalue weighted by atomic mass is 9.96. The molecule has 0 radical (unpaired) electrons. The largest absolute Gasteiger partial charge is 0.496 e. The van der Waals surface area contributed by atoms with Crippen LogP contribution in [0.5, 0.6) is 5.75 Å². The van der Waals surface area contributed by atoms with E-state index >= 15 is 0 Å².